The maximum Gasteiger partial charge on any atom is 0.354 e. The molecule has 114 valence electrons. The van der Waals surface area contributed by atoms with E-state index in [0.717, 1.165) is 6.08 Å². The summed E-state index contributed by atoms with van der Waals surface area (Å²) in [5.41, 5.74) is 0.592. The van der Waals surface area contributed by atoms with Crippen molar-refractivity contribution in [1.82, 2.24) is 0 Å². The Morgan fingerprint density at radius 3 is 2.43 bits per heavy atom. The fourth-order valence-corrected chi connectivity index (χ4v) is 2.64. The van der Waals surface area contributed by atoms with Gasteiger partial charge in [-0.25, -0.2) is 14.0 Å². The maximum atomic E-state index is 13.6. The average Bonchev–Trinajstić information content (AvgIpc) is 2.46. The van der Waals surface area contributed by atoms with E-state index in [2.05, 4.69) is 46.7 Å². The lowest BCUT2D eigenvalue weighted by molar-refractivity contribution is -0.138. The van der Waals surface area contributed by atoms with Gasteiger partial charge < -0.3 is 14.8 Å². The van der Waals surface area contributed by atoms with Crippen molar-refractivity contribution in [3.63, 3.8) is 0 Å². The summed E-state index contributed by atoms with van der Waals surface area (Å²) in [4.78, 5) is 23.0. The fourth-order valence-electron chi connectivity index (χ4n) is 1.37. The highest BCUT2D eigenvalue weighted by Gasteiger charge is 2.18. The second-order valence-corrected chi connectivity index (χ2v) is 5.50. The van der Waals surface area contributed by atoms with E-state index < -0.39 is 17.8 Å². The second-order valence-electron chi connectivity index (χ2n) is 3.85. The van der Waals surface area contributed by atoms with Gasteiger partial charge in [-0.05, 0) is 44.8 Å². The molecular formula is C13H12Br2FNO4. The lowest BCUT2D eigenvalue weighted by Crippen LogP contribution is -2.16. The third-order valence-corrected chi connectivity index (χ3v) is 4.14. The minimum absolute atomic E-state index is 0.142. The van der Waals surface area contributed by atoms with E-state index in [9.17, 15) is 14.0 Å². The number of nitrogens with one attached hydrogen (secondary N) is 1. The molecule has 0 bridgehead atoms. The van der Waals surface area contributed by atoms with Crippen molar-refractivity contribution >= 4 is 49.5 Å². The van der Waals surface area contributed by atoms with Crippen molar-refractivity contribution in [3.05, 3.63) is 38.2 Å². The van der Waals surface area contributed by atoms with Crippen LogP contribution >= 0.6 is 31.9 Å². The number of hydrogen-bond donors (Lipinski definition) is 1. The Morgan fingerprint density at radius 2 is 1.90 bits per heavy atom. The number of anilines is 1. The van der Waals surface area contributed by atoms with Crippen LogP contribution in [0.15, 0.2) is 26.8 Å². The summed E-state index contributed by atoms with van der Waals surface area (Å²) >= 11 is 6.42. The summed E-state index contributed by atoms with van der Waals surface area (Å²) < 4.78 is 23.4. The Kier molecular flexibility index (Phi) is 6.35. The van der Waals surface area contributed by atoms with Crippen LogP contribution in [0.5, 0.6) is 0 Å². The first-order valence-corrected chi connectivity index (χ1v) is 7.19. The van der Waals surface area contributed by atoms with E-state index in [4.69, 9.17) is 0 Å². The Balaban J connectivity index is 3.28. The van der Waals surface area contributed by atoms with E-state index >= 15 is 0 Å². The van der Waals surface area contributed by atoms with Gasteiger partial charge >= 0.3 is 11.9 Å². The monoisotopic (exact) mass is 423 g/mol. The normalized spacial score (nSPS) is 11.0. The topological polar surface area (TPSA) is 64.6 Å². The first-order valence-electron chi connectivity index (χ1n) is 5.60. The SMILES string of the molecule is COC(=O)/C=C(/Nc1c(Br)cc(F)c(C)c1Br)C(=O)OC. The lowest BCUT2D eigenvalue weighted by atomic mass is 10.2. The smallest absolute Gasteiger partial charge is 0.354 e. The quantitative estimate of drug-likeness (QED) is 0.593. The second kappa shape index (κ2) is 7.56. The summed E-state index contributed by atoms with van der Waals surface area (Å²) in [5, 5.41) is 2.72. The first-order chi connectivity index (χ1) is 9.81. The number of ether oxygens (including phenoxy) is 2. The zero-order chi connectivity index (χ0) is 16.2. The largest absolute Gasteiger partial charge is 0.466 e. The maximum absolute atomic E-state index is 13.6. The molecule has 5 nitrogen and oxygen atoms in total. The van der Waals surface area contributed by atoms with Crippen molar-refractivity contribution in [1.29, 1.82) is 0 Å². The third kappa shape index (κ3) is 4.28. The molecule has 0 spiro atoms. The van der Waals surface area contributed by atoms with Crippen molar-refractivity contribution in [3.8, 4) is 0 Å². The Hall–Kier alpha value is -1.41. The van der Waals surface area contributed by atoms with Crippen LogP contribution < -0.4 is 5.32 Å². The highest BCUT2D eigenvalue weighted by atomic mass is 79.9. The van der Waals surface area contributed by atoms with Gasteiger partial charge in [0, 0.05) is 14.5 Å². The van der Waals surface area contributed by atoms with Gasteiger partial charge in [-0.15, -0.1) is 0 Å². The number of carbonyl (C=O) groups is 2. The molecule has 1 N–H and O–H groups in total. The van der Waals surface area contributed by atoms with Gasteiger partial charge in [-0.2, -0.15) is 0 Å². The number of benzene rings is 1. The summed E-state index contributed by atoms with van der Waals surface area (Å²) in [6, 6.07) is 1.25. The molecule has 0 unspecified atom stereocenters. The van der Waals surface area contributed by atoms with Gasteiger partial charge in [0.2, 0.25) is 0 Å². The van der Waals surface area contributed by atoms with Crippen LogP contribution in [0.2, 0.25) is 0 Å². The van der Waals surface area contributed by atoms with E-state index in [1.807, 2.05) is 0 Å². The number of methoxy groups -OCH3 is 2. The summed E-state index contributed by atoms with van der Waals surface area (Å²) in [6.45, 7) is 1.57. The van der Waals surface area contributed by atoms with Crippen LogP contribution in [0.3, 0.4) is 0 Å². The molecule has 0 saturated heterocycles. The van der Waals surface area contributed by atoms with E-state index in [0.29, 0.717) is 20.2 Å². The third-order valence-electron chi connectivity index (χ3n) is 2.53. The molecule has 0 radical (unpaired) electrons. The summed E-state index contributed by atoms with van der Waals surface area (Å²) in [5.74, 6) is -1.91. The van der Waals surface area contributed by atoms with Crippen LogP contribution in [0.1, 0.15) is 5.56 Å². The fraction of sp³-hybridized carbons (Fsp3) is 0.231. The predicted molar refractivity (Wildman–Crippen MR) is 82.3 cm³/mol. The van der Waals surface area contributed by atoms with Crippen molar-refractivity contribution in [2.24, 2.45) is 0 Å². The predicted octanol–water partition coefficient (Wildman–Crippen LogP) is 3.30. The molecule has 0 fully saturated rings. The molecule has 8 heteroatoms. The molecule has 0 aliphatic carbocycles. The van der Waals surface area contributed by atoms with Gasteiger partial charge in [-0.1, -0.05) is 0 Å². The molecule has 0 aromatic heterocycles. The van der Waals surface area contributed by atoms with E-state index in [1.165, 1.54) is 20.3 Å². The Bertz CT molecular complexity index is 617. The molecule has 0 amide bonds. The van der Waals surface area contributed by atoms with Gasteiger partial charge in [0.25, 0.3) is 0 Å². The highest BCUT2D eigenvalue weighted by molar-refractivity contribution is 9.11. The number of hydrogen-bond acceptors (Lipinski definition) is 5. The van der Waals surface area contributed by atoms with Gasteiger partial charge in [0.05, 0.1) is 26.0 Å². The van der Waals surface area contributed by atoms with Gasteiger partial charge in [0.15, 0.2) is 0 Å². The number of esters is 2. The minimum Gasteiger partial charge on any atom is -0.466 e. The zero-order valence-corrected chi connectivity index (χ0v) is 14.6. The van der Waals surface area contributed by atoms with Crippen LogP contribution in [0, 0.1) is 12.7 Å². The average molecular weight is 425 g/mol. The molecule has 0 aliphatic heterocycles. The Morgan fingerprint density at radius 1 is 1.29 bits per heavy atom. The van der Waals surface area contributed by atoms with Crippen LogP contribution in [-0.4, -0.2) is 26.2 Å². The number of carbonyl (C=O) groups excluding carboxylic acids is 2. The first kappa shape index (κ1) is 17.6. The minimum atomic E-state index is -0.763. The van der Waals surface area contributed by atoms with Crippen molar-refractivity contribution in [2.75, 3.05) is 19.5 Å². The number of halogens is 3. The highest BCUT2D eigenvalue weighted by Crippen LogP contribution is 2.36. The molecule has 0 saturated carbocycles. The summed E-state index contributed by atoms with van der Waals surface area (Å²) in [7, 11) is 2.36. The summed E-state index contributed by atoms with van der Waals surface area (Å²) in [6.07, 6.45) is 0.948. The molecule has 1 aromatic carbocycles. The molecule has 1 aromatic rings. The zero-order valence-electron chi connectivity index (χ0n) is 11.4. The van der Waals surface area contributed by atoms with Crippen LogP contribution in [0.25, 0.3) is 0 Å². The van der Waals surface area contributed by atoms with E-state index in [1.54, 1.807) is 6.92 Å². The van der Waals surface area contributed by atoms with Crippen molar-refractivity contribution in [2.45, 2.75) is 6.92 Å². The van der Waals surface area contributed by atoms with E-state index in [-0.39, 0.29) is 5.70 Å². The van der Waals surface area contributed by atoms with Gasteiger partial charge in [-0.3, -0.25) is 0 Å². The van der Waals surface area contributed by atoms with Crippen LogP contribution in [-0.2, 0) is 19.1 Å². The van der Waals surface area contributed by atoms with Gasteiger partial charge in [0.1, 0.15) is 11.5 Å². The molecular weight excluding hydrogens is 413 g/mol. The van der Waals surface area contributed by atoms with Crippen LogP contribution in [0.4, 0.5) is 10.1 Å². The molecule has 0 atom stereocenters. The lowest BCUT2D eigenvalue weighted by Gasteiger charge is -2.14. The van der Waals surface area contributed by atoms with Crippen molar-refractivity contribution < 1.29 is 23.5 Å². The molecule has 0 heterocycles. The Labute approximate surface area is 137 Å². The molecule has 21 heavy (non-hydrogen) atoms. The molecule has 1 rings (SSSR count). The molecule has 0 aliphatic rings. The number of rotatable bonds is 4. The standard InChI is InChI=1S/C13H12Br2FNO4/c1-6-8(16)4-7(14)12(11(6)15)17-9(13(19)21-3)5-10(18)20-2/h4-5,17H,1-3H3/b9-5+.